The number of hydrogen-bond donors (Lipinski definition) is 4. The van der Waals surface area contributed by atoms with Crippen LogP contribution in [0.2, 0.25) is 0 Å². The van der Waals surface area contributed by atoms with E-state index >= 15 is 0 Å². The normalized spacial score (nSPS) is 10.8. The van der Waals surface area contributed by atoms with E-state index in [2.05, 4.69) is 0 Å². The second-order valence-corrected chi connectivity index (χ2v) is 6.35. The topological polar surface area (TPSA) is 113 Å². The van der Waals surface area contributed by atoms with E-state index in [1.165, 1.54) is 0 Å². The Labute approximate surface area is 156 Å². The second kappa shape index (κ2) is 6.46. The van der Waals surface area contributed by atoms with Gasteiger partial charge in [0, 0.05) is 22.3 Å². The van der Waals surface area contributed by atoms with Crippen molar-refractivity contribution in [1.29, 1.82) is 10.8 Å². The van der Waals surface area contributed by atoms with Crippen molar-refractivity contribution in [1.82, 2.24) is 0 Å². The third kappa shape index (κ3) is 3.18. The van der Waals surface area contributed by atoms with Gasteiger partial charge in [-0.15, -0.1) is 0 Å². The van der Waals surface area contributed by atoms with Gasteiger partial charge in [0.25, 0.3) is 0 Å². The largest absolute Gasteiger partial charge is 0.456 e. The van der Waals surface area contributed by atoms with Crippen LogP contribution in [-0.2, 0) is 0 Å². The van der Waals surface area contributed by atoms with Gasteiger partial charge in [-0.3, -0.25) is 10.8 Å². The molecule has 3 aromatic carbocycles. The maximum Gasteiger partial charge on any atom is 0.134 e. The molecule has 0 aliphatic heterocycles. The zero-order chi connectivity index (χ0) is 19.0. The van der Waals surface area contributed by atoms with Gasteiger partial charge in [0.05, 0.1) is 0 Å². The van der Waals surface area contributed by atoms with Crippen molar-refractivity contribution < 1.29 is 4.42 Å². The fraction of sp³-hybridized carbons (Fsp3) is 0. The van der Waals surface area contributed by atoms with Crippen LogP contribution in [0.5, 0.6) is 0 Å². The first kappa shape index (κ1) is 16.6. The van der Waals surface area contributed by atoms with Crippen LogP contribution in [0.1, 0.15) is 11.1 Å². The number of nitrogen functional groups attached to an aromatic ring is 2. The molecule has 0 saturated heterocycles. The Morgan fingerprint density at radius 2 is 1.15 bits per heavy atom. The summed E-state index contributed by atoms with van der Waals surface area (Å²) in [5.74, 6) is 1.60. The van der Waals surface area contributed by atoms with Gasteiger partial charge in [-0.1, -0.05) is 48.5 Å². The molecule has 0 unspecified atom stereocenters. The average molecular weight is 354 g/mol. The molecule has 0 atom stereocenters. The number of nitrogens with two attached hydrogens (primary N) is 2. The standard InChI is InChI=1S/C22H18N4O/c23-21(24)15-5-3-14(4-6-15)19-9-10-20(27-19)16-7-1-13-2-8-17(22(25)26)12-18(13)11-16/h1-12H,(H3,23,24)(H3,25,26). The first-order valence-corrected chi connectivity index (χ1v) is 8.44. The molecule has 0 aliphatic rings. The minimum atomic E-state index is 0.0442. The molecule has 1 heterocycles. The van der Waals surface area contributed by atoms with E-state index in [0.717, 1.165) is 33.4 Å². The van der Waals surface area contributed by atoms with Crippen LogP contribution in [0.3, 0.4) is 0 Å². The summed E-state index contributed by atoms with van der Waals surface area (Å²) < 4.78 is 6.03. The number of fused-ring (bicyclic) bond motifs is 1. The number of furan rings is 1. The second-order valence-electron chi connectivity index (χ2n) is 6.35. The van der Waals surface area contributed by atoms with Crippen LogP contribution >= 0.6 is 0 Å². The van der Waals surface area contributed by atoms with Crippen LogP contribution in [0.4, 0.5) is 0 Å². The van der Waals surface area contributed by atoms with Crippen molar-refractivity contribution in [2.75, 3.05) is 0 Å². The van der Waals surface area contributed by atoms with Gasteiger partial charge in [0.1, 0.15) is 23.2 Å². The molecule has 0 aliphatic carbocycles. The van der Waals surface area contributed by atoms with Crippen molar-refractivity contribution >= 4 is 22.4 Å². The summed E-state index contributed by atoms with van der Waals surface area (Å²) in [6, 6.07) is 23.0. The van der Waals surface area contributed by atoms with Crippen LogP contribution in [0.15, 0.2) is 77.2 Å². The monoisotopic (exact) mass is 354 g/mol. The fourth-order valence-electron chi connectivity index (χ4n) is 3.03. The molecular formula is C22H18N4O. The number of hydrogen-bond acceptors (Lipinski definition) is 3. The van der Waals surface area contributed by atoms with Gasteiger partial charge >= 0.3 is 0 Å². The molecule has 0 bridgehead atoms. The molecule has 0 fully saturated rings. The van der Waals surface area contributed by atoms with E-state index in [4.69, 9.17) is 26.7 Å². The molecule has 27 heavy (non-hydrogen) atoms. The summed E-state index contributed by atoms with van der Waals surface area (Å²) in [6.07, 6.45) is 0. The highest BCUT2D eigenvalue weighted by Crippen LogP contribution is 2.30. The van der Waals surface area contributed by atoms with Crippen LogP contribution < -0.4 is 11.5 Å². The Kier molecular flexibility index (Phi) is 3.97. The number of amidine groups is 2. The maximum atomic E-state index is 7.61. The SMILES string of the molecule is N=C(N)c1ccc(-c2ccc(-c3ccc4ccc(C(=N)N)cc4c3)o2)cc1. The Balaban J connectivity index is 1.69. The zero-order valence-electron chi connectivity index (χ0n) is 14.5. The third-order valence-electron chi connectivity index (χ3n) is 4.52. The van der Waals surface area contributed by atoms with E-state index < -0.39 is 0 Å². The highest BCUT2D eigenvalue weighted by atomic mass is 16.3. The van der Waals surface area contributed by atoms with Crippen molar-refractivity contribution in [2.24, 2.45) is 11.5 Å². The summed E-state index contributed by atoms with van der Waals surface area (Å²) in [5, 5.41) is 17.2. The molecule has 5 heteroatoms. The first-order valence-electron chi connectivity index (χ1n) is 8.44. The third-order valence-corrected chi connectivity index (χ3v) is 4.52. The van der Waals surface area contributed by atoms with Gasteiger partial charge in [0.15, 0.2) is 0 Å². The molecule has 132 valence electrons. The number of nitrogens with one attached hydrogen (secondary N) is 2. The summed E-state index contributed by atoms with van der Waals surface area (Å²) in [6.45, 7) is 0. The molecule has 4 aromatic rings. The maximum absolute atomic E-state index is 7.61. The molecule has 0 saturated carbocycles. The van der Waals surface area contributed by atoms with Gasteiger partial charge in [-0.2, -0.15) is 0 Å². The highest BCUT2D eigenvalue weighted by molar-refractivity contribution is 5.99. The summed E-state index contributed by atoms with van der Waals surface area (Å²) in [4.78, 5) is 0. The van der Waals surface area contributed by atoms with Crippen LogP contribution in [-0.4, -0.2) is 11.7 Å². The Morgan fingerprint density at radius 1 is 0.593 bits per heavy atom. The predicted molar refractivity (Wildman–Crippen MR) is 109 cm³/mol. The summed E-state index contributed by atoms with van der Waals surface area (Å²) in [7, 11) is 0. The quantitative estimate of drug-likeness (QED) is 0.323. The van der Waals surface area contributed by atoms with E-state index in [1.807, 2.05) is 60.7 Å². The van der Waals surface area contributed by atoms with Crippen molar-refractivity contribution in [3.63, 3.8) is 0 Å². The fourth-order valence-corrected chi connectivity index (χ4v) is 3.03. The smallest absolute Gasteiger partial charge is 0.134 e. The Morgan fingerprint density at radius 3 is 1.81 bits per heavy atom. The van der Waals surface area contributed by atoms with Crippen molar-refractivity contribution in [3.05, 3.63) is 83.9 Å². The van der Waals surface area contributed by atoms with Crippen molar-refractivity contribution in [3.8, 4) is 22.6 Å². The van der Waals surface area contributed by atoms with Gasteiger partial charge in [0.2, 0.25) is 0 Å². The minimum absolute atomic E-state index is 0.0442. The summed E-state index contributed by atoms with van der Waals surface area (Å²) in [5.41, 5.74) is 14.3. The lowest BCUT2D eigenvalue weighted by Crippen LogP contribution is -2.10. The van der Waals surface area contributed by atoms with Gasteiger partial charge < -0.3 is 15.9 Å². The molecule has 6 N–H and O–H groups in total. The molecule has 0 amide bonds. The molecule has 0 spiro atoms. The Hall–Kier alpha value is -3.86. The molecule has 5 nitrogen and oxygen atoms in total. The Bertz CT molecular complexity index is 1170. The van der Waals surface area contributed by atoms with Crippen LogP contribution in [0.25, 0.3) is 33.4 Å². The van der Waals surface area contributed by atoms with E-state index in [1.54, 1.807) is 12.1 Å². The highest BCUT2D eigenvalue weighted by Gasteiger charge is 2.09. The zero-order valence-corrected chi connectivity index (χ0v) is 14.5. The van der Waals surface area contributed by atoms with Crippen molar-refractivity contribution in [2.45, 2.75) is 0 Å². The lowest BCUT2D eigenvalue weighted by Gasteiger charge is -2.04. The van der Waals surface area contributed by atoms with E-state index in [9.17, 15) is 0 Å². The molecular weight excluding hydrogens is 336 g/mol. The lowest BCUT2D eigenvalue weighted by atomic mass is 10.0. The van der Waals surface area contributed by atoms with E-state index in [0.29, 0.717) is 11.1 Å². The number of benzene rings is 3. The molecule has 1 aromatic heterocycles. The molecule has 4 rings (SSSR count). The van der Waals surface area contributed by atoms with Gasteiger partial charge in [-0.25, -0.2) is 0 Å². The summed E-state index contributed by atoms with van der Waals surface area (Å²) >= 11 is 0. The molecule has 0 radical (unpaired) electrons. The van der Waals surface area contributed by atoms with E-state index in [-0.39, 0.29) is 11.7 Å². The number of rotatable bonds is 4. The predicted octanol–water partition coefficient (Wildman–Crippen LogP) is 4.33. The first-order chi connectivity index (χ1) is 13.0. The minimum Gasteiger partial charge on any atom is -0.456 e. The average Bonchev–Trinajstić information content (AvgIpc) is 3.17. The van der Waals surface area contributed by atoms with Crippen LogP contribution in [0, 0.1) is 10.8 Å². The lowest BCUT2D eigenvalue weighted by molar-refractivity contribution is 0.597. The van der Waals surface area contributed by atoms with Gasteiger partial charge in [-0.05, 0) is 35.0 Å².